The van der Waals surface area contributed by atoms with Gasteiger partial charge in [-0.2, -0.15) is 0 Å². The van der Waals surface area contributed by atoms with E-state index in [9.17, 15) is 13.2 Å². The van der Waals surface area contributed by atoms with E-state index in [2.05, 4.69) is 10.0 Å². The molecule has 0 heterocycles. The molecule has 28 heavy (non-hydrogen) atoms. The lowest BCUT2D eigenvalue weighted by Gasteiger charge is -2.09. The Morgan fingerprint density at radius 1 is 0.821 bits per heavy atom. The average molecular weight is 415 g/mol. The Balaban J connectivity index is 1.52. The zero-order valence-electron chi connectivity index (χ0n) is 14.9. The highest BCUT2D eigenvalue weighted by molar-refractivity contribution is 7.89. The Labute approximate surface area is 169 Å². The van der Waals surface area contributed by atoms with Crippen LogP contribution in [0.15, 0.2) is 83.8 Å². The number of nitrogens with one attached hydrogen (secondary N) is 2. The van der Waals surface area contributed by atoms with Gasteiger partial charge in [0.1, 0.15) is 0 Å². The van der Waals surface area contributed by atoms with Crippen molar-refractivity contribution < 1.29 is 13.2 Å². The largest absolute Gasteiger partial charge is 0.351 e. The van der Waals surface area contributed by atoms with Crippen molar-refractivity contribution in [3.63, 3.8) is 0 Å². The molecular weight excluding hydrogens is 396 g/mol. The zero-order chi connectivity index (χ0) is 20.0. The van der Waals surface area contributed by atoms with Crippen LogP contribution in [0.25, 0.3) is 11.1 Å². The van der Waals surface area contributed by atoms with Gasteiger partial charge in [0, 0.05) is 23.7 Å². The fraction of sp³-hybridized carbons (Fsp3) is 0.0952. The highest BCUT2D eigenvalue weighted by atomic mass is 35.5. The van der Waals surface area contributed by atoms with Crippen molar-refractivity contribution in [3.05, 3.63) is 89.4 Å². The number of carbonyl (C=O) groups excluding carboxylic acids is 1. The van der Waals surface area contributed by atoms with Gasteiger partial charge in [0.05, 0.1) is 4.90 Å². The molecule has 0 unspecified atom stereocenters. The maximum absolute atomic E-state index is 12.2. The van der Waals surface area contributed by atoms with E-state index in [0.717, 1.165) is 11.1 Å². The Hall–Kier alpha value is -2.67. The van der Waals surface area contributed by atoms with Gasteiger partial charge in [-0.15, -0.1) is 0 Å². The van der Waals surface area contributed by atoms with Crippen molar-refractivity contribution in [2.24, 2.45) is 0 Å². The predicted octanol–water partition coefficient (Wildman–Crippen LogP) is 3.72. The van der Waals surface area contributed by atoms with Crippen LogP contribution >= 0.6 is 11.6 Å². The zero-order valence-corrected chi connectivity index (χ0v) is 16.5. The van der Waals surface area contributed by atoms with Gasteiger partial charge in [0.15, 0.2) is 0 Å². The molecule has 3 aromatic rings. The third-order valence-corrected chi connectivity index (χ3v) is 5.76. The van der Waals surface area contributed by atoms with Gasteiger partial charge in [0.25, 0.3) is 5.91 Å². The maximum Gasteiger partial charge on any atom is 0.251 e. The van der Waals surface area contributed by atoms with E-state index in [4.69, 9.17) is 11.6 Å². The monoisotopic (exact) mass is 414 g/mol. The third kappa shape index (κ3) is 5.19. The van der Waals surface area contributed by atoms with Crippen LogP contribution in [0.4, 0.5) is 0 Å². The lowest BCUT2D eigenvalue weighted by Crippen LogP contribution is -2.34. The summed E-state index contributed by atoms with van der Waals surface area (Å²) in [4.78, 5) is 12.3. The number of rotatable bonds is 7. The van der Waals surface area contributed by atoms with Crippen molar-refractivity contribution in [1.29, 1.82) is 0 Å². The van der Waals surface area contributed by atoms with Gasteiger partial charge in [-0.1, -0.05) is 60.1 Å². The van der Waals surface area contributed by atoms with Gasteiger partial charge in [0.2, 0.25) is 10.0 Å². The minimum Gasteiger partial charge on any atom is -0.351 e. The lowest BCUT2D eigenvalue weighted by molar-refractivity contribution is 0.0954. The van der Waals surface area contributed by atoms with Gasteiger partial charge < -0.3 is 5.32 Å². The molecule has 0 atom stereocenters. The molecule has 0 aliphatic rings. The second kappa shape index (κ2) is 9.01. The minimum absolute atomic E-state index is 0.0721. The molecular formula is C21H19ClN2O3S. The molecule has 0 spiro atoms. The molecule has 3 aromatic carbocycles. The Kier molecular flexibility index (Phi) is 6.46. The summed E-state index contributed by atoms with van der Waals surface area (Å²) in [5, 5.41) is 3.04. The number of sulfonamides is 1. The van der Waals surface area contributed by atoms with E-state index in [0.29, 0.717) is 10.6 Å². The molecule has 0 fully saturated rings. The molecule has 1 amide bonds. The standard InChI is InChI=1S/C21H19ClN2O3S/c22-19-7-4-8-20(15-19)28(26,27)24-14-13-23-21(25)18-11-9-17(10-12-18)16-5-2-1-3-6-16/h1-12,15,24H,13-14H2,(H,23,25). The molecule has 0 saturated carbocycles. The topological polar surface area (TPSA) is 75.3 Å². The van der Waals surface area contributed by atoms with Gasteiger partial charge >= 0.3 is 0 Å². The first-order valence-corrected chi connectivity index (χ1v) is 10.5. The predicted molar refractivity (Wildman–Crippen MR) is 111 cm³/mol. The smallest absolute Gasteiger partial charge is 0.251 e. The quantitative estimate of drug-likeness (QED) is 0.578. The molecule has 7 heteroatoms. The molecule has 2 N–H and O–H groups in total. The van der Waals surface area contributed by atoms with E-state index >= 15 is 0 Å². The number of benzene rings is 3. The van der Waals surface area contributed by atoms with E-state index in [1.807, 2.05) is 42.5 Å². The summed E-state index contributed by atoms with van der Waals surface area (Å²) in [6.07, 6.45) is 0. The Morgan fingerprint density at radius 3 is 2.18 bits per heavy atom. The van der Waals surface area contributed by atoms with E-state index < -0.39 is 10.0 Å². The fourth-order valence-electron chi connectivity index (χ4n) is 2.63. The van der Waals surface area contributed by atoms with Gasteiger partial charge in [-0.25, -0.2) is 13.1 Å². The fourth-order valence-corrected chi connectivity index (χ4v) is 3.96. The SMILES string of the molecule is O=C(NCCNS(=O)(=O)c1cccc(Cl)c1)c1ccc(-c2ccccc2)cc1. The first kappa shape index (κ1) is 20.1. The van der Waals surface area contributed by atoms with Gasteiger partial charge in [-0.05, 0) is 41.5 Å². The first-order chi connectivity index (χ1) is 13.5. The Bertz CT molecular complexity index is 1050. The van der Waals surface area contributed by atoms with E-state index in [-0.39, 0.29) is 23.9 Å². The summed E-state index contributed by atoms with van der Waals surface area (Å²) < 4.78 is 26.8. The van der Waals surface area contributed by atoms with E-state index in [1.54, 1.807) is 24.3 Å². The lowest BCUT2D eigenvalue weighted by atomic mass is 10.0. The molecule has 0 bridgehead atoms. The van der Waals surface area contributed by atoms with E-state index in [1.165, 1.54) is 12.1 Å². The highest BCUT2D eigenvalue weighted by Crippen LogP contribution is 2.19. The first-order valence-electron chi connectivity index (χ1n) is 8.65. The number of carbonyl (C=O) groups is 1. The second-order valence-corrected chi connectivity index (χ2v) is 8.26. The summed E-state index contributed by atoms with van der Waals surface area (Å²) >= 11 is 5.82. The van der Waals surface area contributed by atoms with Crippen molar-refractivity contribution in [3.8, 4) is 11.1 Å². The molecule has 0 aromatic heterocycles. The summed E-state index contributed by atoms with van der Waals surface area (Å²) in [5.74, 6) is -0.262. The Morgan fingerprint density at radius 2 is 1.50 bits per heavy atom. The van der Waals surface area contributed by atoms with Crippen LogP contribution in [-0.2, 0) is 10.0 Å². The van der Waals surface area contributed by atoms with Crippen molar-refractivity contribution in [1.82, 2.24) is 10.0 Å². The third-order valence-electron chi connectivity index (χ3n) is 4.06. The van der Waals surface area contributed by atoms with Crippen molar-refractivity contribution in [2.75, 3.05) is 13.1 Å². The normalized spacial score (nSPS) is 11.2. The summed E-state index contributed by atoms with van der Waals surface area (Å²) in [6, 6.07) is 23.1. The molecule has 0 radical (unpaired) electrons. The number of hydrogen-bond acceptors (Lipinski definition) is 3. The number of amides is 1. The molecule has 144 valence electrons. The second-order valence-electron chi connectivity index (χ2n) is 6.05. The molecule has 0 aliphatic heterocycles. The molecule has 0 saturated heterocycles. The molecule has 3 rings (SSSR count). The van der Waals surface area contributed by atoms with Crippen LogP contribution < -0.4 is 10.0 Å². The number of hydrogen-bond donors (Lipinski definition) is 2. The van der Waals surface area contributed by atoms with Crippen molar-refractivity contribution >= 4 is 27.5 Å². The van der Waals surface area contributed by atoms with Crippen LogP contribution in [0.2, 0.25) is 5.02 Å². The van der Waals surface area contributed by atoms with Crippen molar-refractivity contribution in [2.45, 2.75) is 4.90 Å². The van der Waals surface area contributed by atoms with Crippen LogP contribution in [0.1, 0.15) is 10.4 Å². The van der Waals surface area contributed by atoms with Crippen LogP contribution in [-0.4, -0.2) is 27.4 Å². The summed E-state index contributed by atoms with van der Waals surface area (Å²) in [5.41, 5.74) is 2.61. The molecule has 0 aliphatic carbocycles. The highest BCUT2D eigenvalue weighted by Gasteiger charge is 2.13. The summed E-state index contributed by atoms with van der Waals surface area (Å²) in [6.45, 7) is 0.238. The van der Waals surface area contributed by atoms with Gasteiger partial charge in [-0.3, -0.25) is 4.79 Å². The maximum atomic E-state index is 12.2. The van der Waals surface area contributed by atoms with Crippen LogP contribution in [0.5, 0.6) is 0 Å². The number of halogens is 1. The minimum atomic E-state index is -3.67. The average Bonchev–Trinajstić information content (AvgIpc) is 2.72. The van der Waals surface area contributed by atoms with Crippen LogP contribution in [0.3, 0.4) is 0 Å². The van der Waals surface area contributed by atoms with Crippen LogP contribution in [0, 0.1) is 0 Å². The molecule has 5 nitrogen and oxygen atoms in total. The summed E-state index contributed by atoms with van der Waals surface area (Å²) in [7, 11) is -3.67.